The van der Waals surface area contributed by atoms with E-state index in [4.69, 9.17) is 10.00 Å². The van der Waals surface area contributed by atoms with Gasteiger partial charge in [-0.1, -0.05) is 6.92 Å². The molecule has 0 saturated heterocycles. The second kappa shape index (κ2) is 7.78. The van der Waals surface area contributed by atoms with E-state index in [-0.39, 0.29) is 16.2 Å². The lowest BCUT2D eigenvalue weighted by Gasteiger charge is -2.15. The van der Waals surface area contributed by atoms with Crippen molar-refractivity contribution in [1.82, 2.24) is 9.55 Å². The number of pyridine rings is 1. The summed E-state index contributed by atoms with van der Waals surface area (Å²) in [6, 6.07) is 15.2. The number of hydrogen-bond donors (Lipinski definition) is 1. The predicted molar refractivity (Wildman–Crippen MR) is 118 cm³/mol. The van der Waals surface area contributed by atoms with Crippen molar-refractivity contribution >= 4 is 20.7 Å². The molecule has 0 atom stereocenters. The Bertz CT molecular complexity index is 1490. The van der Waals surface area contributed by atoms with Gasteiger partial charge in [-0.15, -0.1) is 0 Å². The van der Waals surface area contributed by atoms with Crippen LogP contribution in [0.4, 0.5) is 0 Å². The minimum Gasteiger partial charge on any atom is -0.457 e. The number of nitrogens with one attached hydrogen (secondary N) is 1. The summed E-state index contributed by atoms with van der Waals surface area (Å²) in [5, 5.41) is 9.66. The fourth-order valence-corrected chi connectivity index (χ4v) is 4.28. The van der Waals surface area contributed by atoms with E-state index in [0.717, 1.165) is 0 Å². The molecule has 2 aromatic carbocycles. The summed E-state index contributed by atoms with van der Waals surface area (Å²) in [5.41, 5.74) is 1.95. The predicted octanol–water partition coefficient (Wildman–Crippen LogP) is 3.99. The monoisotopic (exact) mass is 433 g/mol. The number of benzene rings is 2. The van der Waals surface area contributed by atoms with E-state index in [2.05, 4.69) is 11.1 Å². The first-order chi connectivity index (χ1) is 14.8. The quantitative estimate of drug-likeness (QED) is 0.512. The van der Waals surface area contributed by atoms with Crippen molar-refractivity contribution < 1.29 is 13.2 Å². The van der Waals surface area contributed by atoms with Gasteiger partial charge in [-0.2, -0.15) is 5.26 Å². The van der Waals surface area contributed by atoms with Crippen LogP contribution in [-0.2, 0) is 16.9 Å². The van der Waals surface area contributed by atoms with Crippen LogP contribution in [0.25, 0.3) is 22.0 Å². The molecule has 4 rings (SSSR count). The van der Waals surface area contributed by atoms with Crippen LogP contribution in [0.2, 0.25) is 0 Å². The van der Waals surface area contributed by atoms with Crippen molar-refractivity contribution in [3.63, 3.8) is 0 Å². The number of nitrogens with zero attached hydrogens (tertiary/aromatic N) is 2. The molecule has 4 aromatic rings. The number of H-pyrrole nitrogens is 1. The van der Waals surface area contributed by atoms with Crippen molar-refractivity contribution in [1.29, 1.82) is 5.26 Å². The minimum absolute atomic E-state index is 0.0326. The number of rotatable bonds is 5. The van der Waals surface area contributed by atoms with Gasteiger partial charge in [0.25, 0.3) is 5.56 Å². The number of hydrogen-bond acceptors (Lipinski definition) is 5. The smallest absolute Gasteiger partial charge is 0.274 e. The third-order valence-electron chi connectivity index (χ3n) is 5.09. The van der Waals surface area contributed by atoms with E-state index in [9.17, 15) is 13.2 Å². The lowest BCUT2D eigenvalue weighted by molar-refractivity contribution is 0.484. The molecule has 0 radical (unpaired) electrons. The van der Waals surface area contributed by atoms with Gasteiger partial charge in [0.05, 0.1) is 22.3 Å². The molecule has 8 heteroatoms. The fraction of sp³-hybridized carbons (Fsp3) is 0.130. The highest BCUT2D eigenvalue weighted by atomic mass is 32.2. The molecule has 0 spiro atoms. The SMILES string of the molecule is CCS(=O)(=O)c1ccc(Oc2ccc(C#N)cc2)c(-c2cn(C)c(=O)c3[nH]ccc23)c1. The lowest BCUT2D eigenvalue weighted by Crippen LogP contribution is -2.16. The number of aromatic nitrogens is 2. The Morgan fingerprint density at radius 2 is 1.84 bits per heavy atom. The van der Waals surface area contributed by atoms with Crippen LogP contribution in [0, 0.1) is 11.3 Å². The topological polar surface area (TPSA) is 105 Å². The van der Waals surface area contributed by atoms with E-state index in [1.54, 1.807) is 68.8 Å². The van der Waals surface area contributed by atoms with Crippen molar-refractivity contribution in [2.75, 3.05) is 5.75 Å². The summed E-state index contributed by atoms with van der Waals surface area (Å²) in [6.45, 7) is 1.59. The maximum atomic E-state index is 12.5. The zero-order chi connectivity index (χ0) is 22.2. The van der Waals surface area contributed by atoms with Crippen molar-refractivity contribution in [3.8, 4) is 28.7 Å². The van der Waals surface area contributed by atoms with Gasteiger partial charge in [0, 0.05) is 36.0 Å². The third-order valence-corrected chi connectivity index (χ3v) is 6.82. The Labute approximate surface area is 179 Å². The molecular formula is C23H19N3O4S. The number of aryl methyl sites for hydroxylation is 1. The first kappa shape index (κ1) is 20.4. The van der Waals surface area contributed by atoms with Gasteiger partial charge >= 0.3 is 0 Å². The van der Waals surface area contributed by atoms with Crippen molar-refractivity contribution in [2.24, 2.45) is 7.05 Å². The van der Waals surface area contributed by atoms with E-state index in [1.807, 2.05) is 0 Å². The van der Waals surface area contributed by atoms with Gasteiger partial charge in [-0.3, -0.25) is 4.79 Å². The summed E-state index contributed by atoms with van der Waals surface area (Å²) >= 11 is 0. The van der Waals surface area contributed by atoms with Crippen LogP contribution in [0.5, 0.6) is 11.5 Å². The number of ether oxygens (including phenoxy) is 1. The molecule has 0 aliphatic carbocycles. The Hall–Kier alpha value is -3.83. The summed E-state index contributed by atoms with van der Waals surface area (Å²) < 4.78 is 32.6. The maximum absolute atomic E-state index is 12.5. The summed E-state index contributed by atoms with van der Waals surface area (Å²) in [6.07, 6.45) is 3.34. The fourth-order valence-electron chi connectivity index (χ4n) is 3.38. The van der Waals surface area contributed by atoms with Crippen LogP contribution in [0.15, 0.2) is 70.6 Å². The second-order valence-corrected chi connectivity index (χ2v) is 9.30. The Balaban J connectivity index is 1.95. The standard InChI is InChI=1S/C23H19N3O4S/c1-3-31(28,29)17-8-9-21(30-16-6-4-15(13-24)5-7-16)19(12-17)20-14-26(2)23(27)22-18(20)10-11-25-22/h4-12,14,25H,3H2,1-2H3. The van der Waals surface area contributed by atoms with E-state index < -0.39 is 9.84 Å². The van der Waals surface area contributed by atoms with Crippen LogP contribution in [-0.4, -0.2) is 23.7 Å². The molecule has 0 unspecified atom stereocenters. The molecule has 0 fully saturated rings. The molecule has 1 N–H and O–H groups in total. The normalized spacial score (nSPS) is 11.4. The average Bonchev–Trinajstić information content (AvgIpc) is 3.27. The Morgan fingerprint density at radius 1 is 1.10 bits per heavy atom. The molecule has 0 aliphatic rings. The largest absolute Gasteiger partial charge is 0.457 e. The average molecular weight is 433 g/mol. The lowest BCUT2D eigenvalue weighted by atomic mass is 10.0. The van der Waals surface area contributed by atoms with E-state index in [0.29, 0.717) is 39.1 Å². The van der Waals surface area contributed by atoms with Gasteiger partial charge in [0.2, 0.25) is 0 Å². The highest BCUT2D eigenvalue weighted by molar-refractivity contribution is 7.91. The molecule has 0 saturated carbocycles. The van der Waals surface area contributed by atoms with Gasteiger partial charge < -0.3 is 14.3 Å². The minimum atomic E-state index is -3.45. The number of nitriles is 1. The molecular weight excluding hydrogens is 414 g/mol. The van der Waals surface area contributed by atoms with E-state index in [1.165, 1.54) is 10.6 Å². The van der Waals surface area contributed by atoms with Crippen LogP contribution in [0.1, 0.15) is 12.5 Å². The van der Waals surface area contributed by atoms with E-state index >= 15 is 0 Å². The molecule has 2 aromatic heterocycles. The van der Waals surface area contributed by atoms with Crippen molar-refractivity contribution in [2.45, 2.75) is 11.8 Å². The number of aromatic amines is 1. The van der Waals surface area contributed by atoms with Crippen LogP contribution >= 0.6 is 0 Å². The molecule has 0 aliphatic heterocycles. The number of fused-ring (bicyclic) bond motifs is 1. The maximum Gasteiger partial charge on any atom is 0.274 e. The molecule has 31 heavy (non-hydrogen) atoms. The Morgan fingerprint density at radius 3 is 2.52 bits per heavy atom. The summed E-state index contributed by atoms with van der Waals surface area (Å²) in [4.78, 5) is 15.6. The highest BCUT2D eigenvalue weighted by Crippen LogP contribution is 2.38. The van der Waals surface area contributed by atoms with Gasteiger partial charge in [0.15, 0.2) is 9.84 Å². The molecule has 0 amide bonds. The third kappa shape index (κ3) is 3.71. The van der Waals surface area contributed by atoms with Crippen molar-refractivity contribution in [3.05, 3.63) is 76.8 Å². The molecule has 2 heterocycles. The summed E-state index contributed by atoms with van der Waals surface area (Å²) in [7, 11) is -1.81. The summed E-state index contributed by atoms with van der Waals surface area (Å²) in [5.74, 6) is 0.900. The zero-order valence-corrected chi connectivity index (χ0v) is 17.7. The number of sulfone groups is 1. The molecule has 7 nitrogen and oxygen atoms in total. The first-order valence-electron chi connectivity index (χ1n) is 9.56. The van der Waals surface area contributed by atoms with Gasteiger partial charge in [-0.25, -0.2) is 8.42 Å². The van der Waals surface area contributed by atoms with Crippen LogP contribution in [0.3, 0.4) is 0 Å². The van der Waals surface area contributed by atoms with Gasteiger partial charge in [-0.05, 0) is 48.5 Å². The van der Waals surface area contributed by atoms with Crippen LogP contribution < -0.4 is 10.3 Å². The second-order valence-electron chi connectivity index (χ2n) is 7.02. The zero-order valence-electron chi connectivity index (χ0n) is 16.9. The molecule has 156 valence electrons. The van der Waals surface area contributed by atoms with Gasteiger partial charge in [0.1, 0.15) is 17.0 Å². The Kier molecular flexibility index (Phi) is 5.13. The highest BCUT2D eigenvalue weighted by Gasteiger charge is 2.19. The first-order valence-corrected chi connectivity index (χ1v) is 11.2. The molecule has 0 bridgehead atoms.